The zero-order chi connectivity index (χ0) is 56.3. The number of nitrogens with zero attached hydrogens (tertiary/aromatic N) is 2. The number of hydrogen-bond donors (Lipinski definition) is 13. The molecule has 5 rings (SSSR count). The molecule has 2 fully saturated rings. The van der Waals surface area contributed by atoms with E-state index in [1.807, 2.05) is 42.5 Å². The van der Waals surface area contributed by atoms with Gasteiger partial charge in [0.15, 0.2) is 5.96 Å². The van der Waals surface area contributed by atoms with Crippen molar-refractivity contribution in [3.05, 3.63) is 77.9 Å². The molecule has 416 valence electrons. The summed E-state index contributed by atoms with van der Waals surface area (Å²) in [4.78, 5) is 136. The smallest absolute Gasteiger partial charge is 0.326 e. The summed E-state index contributed by atoms with van der Waals surface area (Å²) >= 11 is 0. The molecular weight excluding hydrogens is 999 g/mol. The summed E-state index contributed by atoms with van der Waals surface area (Å²) in [6, 6.07) is 10.5. The van der Waals surface area contributed by atoms with E-state index in [0.717, 1.165) is 10.8 Å². The molecule has 15 N–H and O–H groups in total. The average Bonchev–Trinajstić information content (AvgIpc) is 4.11. The van der Waals surface area contributed by atoms with E-state index < -0.39 is 120 Å². The molecule has 0 aromatic heterocycles. The van der Waals surface area contributed by atoms with Crippen molar-refractivity contribution in [2.24, 2.45) is 17.4 Å². The van der Waals surface area contributed by atoms with Gasteiger partial charge in [0.25, 0.3) is 0 Å². The highest BCUT2D eigenvalue weighted by Gasteiger charge is 2.39. The molecule has 7 atom stereocenters. The van der Waals surface area contributed by atoms with Crippen LogP contribution in [0.15, 0.2) is 66.7 Å². The number of guanidine groups is 1. The summed E-state index contributed by atoms with van der Waals surface area (Å²) in [7, 11) is 0. The van der Waals surface area contributed by atoms with Crippen LogP contribution in [0.1, 0.15) is 70.4 Å². The topological polar surface area (TPSA) is 390 Å². The predicted octanol–water partition coefficient (Wildman–Crippen LogP) is -2.05. The number of phenolic OH excluding ortho intramolecular Hbond substituents is 1. The van der Waals surface area contributed by atoms with Gasteiger partial charge in [0, 0.05) is 32.5 Å². The second kappa shape index (κ2) is 28.5. The second-order valence-electron chi connectivity index (χ2n) is 19.4. The van der Waals surface area contributed by atoms with Gasteiger partial charge >= 0.3 is 5.97 Å². The number of nitrogens with two attached hydrogens (primary N) is 2. The molecule has 25 heteroatoms. The number of nitrogens with one attached hydrogen (secondary N) is 9. The highest BCUT2D eigenvalue weighted by atomic mass is 16.4. The lowest BCUT2D eigenvalue weighted by atomic mass is 10.00. The number of amides is 9. The lowest BCUT2D eigenvalue weighted by molar-refractivity contribution is -0.149. The molecule has 3 aromatic rings. The van der Waals surface area contributed by atoms with Gasteiger partial charge in [-0.15, -0.1) is 0 Å². The Hall–Kier alpha value is -8.35. The first-order valence-corrected chi connectivity index (χ1v) is 25.6. The Morgan fingerprint density at radius 2 is 1.29 bits per heavy atom. The van der Waals surface area contributed by atoms with Crippen LogP contribution in [0.25, 0.3) is 10.8 Å². The van der Waals surface area contributed by atoms with Gasteiger partial charge in [-0.3, -0.25) is 48.6 Å². The number of phenols is 1. The number of rotatable bonds is 26. The number of carbonyl (C=O) groups excluding carboxylic acids is 9. The first-order chi connectivity index (χ1) is 36.6. The molecule has 25 nitrogen and oxygen atoms in total. The van der Waals surface area contributed by atoms with Gasteiger partial charge in [-0.05, 0) is 85.4 Å². The average molecular weight is 1070 g/mol. The Kier molecular flexibility index (Phi) is 22.0. The Morgan fingerprint density at radius 1 is 0.662 bits per heavy atom. The zero-order valence-corrected chi connectivity index (χ0v) is 43.4. The summed E-state index contributed by atoms with van der Waals surface area (Å²) in [6.45, 7) is 3.76. The van der Waals surface area contributed by atoms with Gasteiger partial charge in [0.05, 0.1) is 19.6 Å². The molecule has 0 radical (unpaired) electrons. The van der Waals surface area contributed by atoms with Crippen molar-refractivity contribution >= 4 is 75.9 Å². The third kappa shape index (κ3) is 17.6. The van der Waals surface area contributed by atoms with E-state index in [1.54, 1.807) is 13.8 Å². The van der Waals surface area contributed by atoms with Gasteiger partial charge in [-0.1, -0.05) is 68.4 Å². The first kappa shape index (κ1) is 59.5. The Bertz CT molecular complexity index is 2650. The van der Waals surface area contributed by atoms with Crippen molar-refractivity contribution < 1.29 is 58.2 Å². The molecule has 0 saturated carbocycles. The van der Waals surface area contributed by atoms with Crippen molar-refractivity contribution in [3.63, 3.8) is 0 Å². The fourth-order valence-corrected chi connectivity index (χ4v) is 9.11. The Balaban J connectivity index is 1.24. The van der Waals surface area contributed by atoms with Crippen LogP contribution in [0.3, 0.4) is 0 Å². The van der Waals surface area contributed by atoms with Gasteiger partial charge in [-0.2, -0.15) is 0 Å². The second-order valence-corrected chi connectivity index (χ2v) is 19.4. The highest BCUT2D eigenvalue weighted by molar-refractivity contribution is 5.98. The molecule has 2 saturated heterocycles. The number of carboxylic acids is 1. The summed E-state index contributed by atoms with van der Waals surface area (Å²) in [5.41, 5.74) is 12.0. The number of carboxylic acid groups (broad SMARTS) is 1. The SMILES string of the molecule is CC(C)[C@@H](NC(=O)[C@H](CCCNC(=N)N)NC(=O)[C@@H](Cc1ccc(O)cc1)NC(=O)[C@@H]1CCCN1C(=O)CNC(=O)CN)C(=O)NCC(=O)N[C@@H](C)C(=O)N[C@H](Cc1ccc2ccccc2c1)C(=O)N1CCC[C@H]1C(=O)O. The summed E-state index contributed by atoms with van der Waals surface area (Å²) in [6.07, 6.45) is 1.46. The van der Waals surface area contributed by atoms with E-state index in [9.17, 15) is 58.2 Å². The molecular formula is C52H71N13O12. The number of carbonyl (C=O) groups is 10. The lowest BCUT2D eigenvalue weighted by Crippen LogP contribution is -2.59. The summed E-state index contributed by atoms with van der Waals surface area (Å²) < 4.78 is 0. The van der Waals surface area contributed by atoms with Gasteiger partial charge in [-0.25, -0.2) is 4.79 Å². The molecule has 2 aliphatic rings. The molecule has 77 heavy (non-hydrogen) atoms. The normalized spacial score (nSPS) is 16.9. The third-order valence-electron chi connectivity index (χ3n) is 13.3. The van der Waals surface area contributed by atoms with Gasteiger partial charge < -0.3 is 74.0 Å². The van der Waals surface area contributed by atoms with E-state index in [1.165, 1.54) is 41.0 Å². The van der Waals surface area contributed by atoms with Gasteiger partial charge in [0.1, 0.15) is 48.0 Å². The maximum absolute atomic E-state index is 14.3. The third-order valence-corrected chi connectivity index (χ3v) is 13.3. The van der Waals surface area contributed by atoms with Crippen LogP contribution in [0.5, 0.6) is 5.75 Å². The van der Waals surface area contributed by atoms with Crippen molar-refractivity contribution in [2.75, 3.05) is 39.3 Å². The van der Waals surface area contributed by atoms with Gasteiger partial charge in [0.2, 0.25) is 53.2 Å². The minimum absolute atomic E-state index is 0.0247. The van der Waals surface area contributed by atoms with Crippen LogP contribution in [-0.4, -0.2) is 167 Å². The fraction of sp³-hybridized carbons (Fsp3) is 0.481. The summed E-state index contributed by atoms with van der Waals surface area (Å²) in [5, 5.41) is 49.9. The molecule has 0 aliphatic carbocycles. The maximum Gasteiger partial charge on any atom is 0.326 e. The molecule has 2 heterocycles. The van der Waals surface area contributed by atoms with Crippen LogP contribution in [0.2, 0.25) is 0 Å². The minimum atomic E-state index is -1.35. The van der Waals surface area contributed by atoms with Crippen LogP contribution < -0.4 is 54.0 Å². The molecule has 3 aromatic carbocycles. The molecule has 0 unspecified atom stereocenters. The number of fused-ring (bicyclic) bond motifs is 1. The van der Waals surface area contributed by atoms with Crippen molar-refractivity contribution in [1.82, 2.24) is 52.3 Å². The molecule has 0 bridgehead atoms. The van der Waals surface area contributed by atoms with E-state index in [4.69, 9.17) is 16.9 Å². The van der Waals surface area contributed by atoms with E-state index in [0.29, 0.717) is 24.0 Å². The number of hydrogen-bond acceptors (Lipinski definition) is 13. The maximum atomic E-state index is 14.3. The monoisotopic (exact) mass is 1070 g/mol. The largest absolute Gasteiger partial charge is 0.508 e. The Morgan fingerprint density at radius 3 is 1.95 bits per heavy atom. The quantitative estimate of drug-likeness (QED) is 0.0234. The van der Waals surface area contributed by atoms with Crippen molar-refractivity contribution in [1.29, 1.82) is 5.41 Å². The van der Waals surface area contributed by atoms with Crippen LogP contribution in [0, 0.1) is 11.3 Å². The standard InChI is InChI=1S/C52H71N13O12/c1-29(2)44(49(74)58-27-42(68)59-30(3)45(70)62-38(50(75)65-22-8-13-40(65)51(76)77)25-32-14-17-33-9-4-5-10-34(33)23-32)63-46(71)36(11-6-20-56-52(54)55)60-47(72)37(24-31-15-18-35(66)19-16-31)61-48(73)39-12-7-21-64(39)43(69)28-57-41(67)26-53/h4-5,9-10,14-19,23,29-30,36-40,44,66H,6-8,11-13,20-22,24-28,53H2,1-3H3,(H,57,67)(H,58,74)(H,59,68)(H,60,72)(H,61,73)(H,62,70)(H,63,71)(H,76,77)(H4,54,55,56)/t30-,36-,37+,38+,39-,40-,44+/m0/s1. The number of aliphatic carboxylic acids is 1. The van der Waals surface area contributed by atoms with Crippen LogP contribution in [-0.2, 0) is 60.8 Å². The lowest BCUT2D eigenvalue weighted by Gasteiger charge is -2.29. The summed E-state index contributed by atoms with van der Waals surface area (Å²) in [5.74, 6) is -8.48. The number of likely N-dealkylation sites (tertiary alicyclic amines) is 2. The van der Waals surface area contributed by atoms with E-state index in [2.05, 4.69) is 42.5 Å². The molecule has 2 aliphatic heterocycles. The van der Waals surface area contributed by atoms with Crippen LogP contribution >= 0.6 is 0 Å². The first-order valence-electron chi connectivity index (χ1n) is 25.6. The zero-order valence-electron chi connectivity index (χ0n) is 43.4. The molecule has 0 spiro atoms. The van der Waals surface area contributed by atoms with Crippen molar-refractivity contribution in [3.8, 4) is 5.75 Å². The Labute approximate surface area is 445 Å². The predicted molar refractivity (Wildman–Crippen MR) is 281 cm³/mol. The fourth-order valence-electron chi connectivity index (χ4n) is 9.11. The van der Waals surface area contributed by atoms with E-state index >= 15 is 0 Å². The molecule has 9 amide bonds. The number of benzene rings is 3. The van der Waals surface area contributed by atoms with E-state index in [-0.39, 0.29) is 76.4 Å². The number of aromatic hydroxyl groups is 1. The highest BCUT2D eigenvalue weighted by Crippen LogP contribution is 2.23. The van der Waals surface area contributed by atoms with Crippen LogP contribution in [0.4, 0.5) is 0 Å². The minimum Gasteiger partial charge on any atom is -0.508 e. The van der Waals surface area contributed by atoms with Crippen molar-refractivity contribution in [2.45, 2.75) is 114 Å².